The van der Waals surface area contributed by atoms with Crippen molar-refractivity contribution in [1.82, 2.24) is 9.80 Å². The Balaban J connectivity index is 2.21. The van der Waals surface area contributed by atoms with E-state index in [1.54, 1.807) is 0 Å². The van der Waals surface area contributed by atoms with Crippen LogP contribution in [0.15, 0.2) is 18.2 Å². The maximum absolute atomic E-state index is 12.6. The fourth-order valence-corrected chi connectivity index (χ4v) is 2.38. The third kappa shape index (κ3) is 3.24. The van der Waals surface area contributed by atoms with Crippen LogP contribution in [0.1, 0.15) is 22.3 Å². The summed E-state index contributed by atoms with van der Waals surface area (Å²) < 4.78 is 0. The predicted octanol–water partition coefficient (Wildman–Crippen LogP) is 1.06. The van der Waals surface area contributed by atoms with Gasteiger partial charge in [-0.2, -0.15) is 0 Å². The lowest BCUT2D eigenvalue weighted by Gasteiger charge is -2.22. The van der Waals surface area contributed by atoms with Gasteiger partial charge in [0.2, 0.25) is 0 Å². The van der Waals surface area contributed by atoms with Gasteiger partial charge in [-0.3, -0.25) is 10.6 Å². The number of benzene rings is 1. The lowest BCUT2D eigenvalue weighted by molar-refractivity contribution is 0.0763. The average molecular weight is 262 g/mol. The van der Waals surface area contributed by atoms with Crippen LogP contribution in [0, 0.1) is 6.92 Å². The normalized spacial score (nSPS) is 17.1. The second-order valence-electron chi connectivity index (χ2n) is 5.14. The summed E-state index contributed by atoms with van der Waals surface area (Å²) >= 11 is 0. The molecule has 5 nitrogen and oxygen atoms in total. The molecule has 0 radical (unpaired) electrons. The molecule has 0 unspecified atom stereocenters. The first kappa shape index (κ1) is 13.8. The number of nitrogens with two attached hydrogens (primary N) is 1. The summed E-state index contributed by atoms with van der Waals surface area (Å²) in [5.74, 6) is 5.55. The largest absolute Gasteiger partial charge is 0.337 e. The zero-order valence-corrected chi connectivity index (χ0v) is 11.6. The van der Waals surface area contributed by atoms with Gasteiger partial charge in [-0.05, 0) is 39.1 Å². The van der Waals surface area contributed by atoms with Gasteiger partial charge < -0.3 is 15.2 Å². The zero-order chi connectivity index (χ0) is 13.8. The molecule has 0 aliphatic carbocycles. The third-order valence-corrected chi connectivity index (χ3v) is 3.57. The fourth-order valence-electron chi connectivity index (χ4n) is 2.38. The number of nitrogens with one attached hydrogen (secondary N) is 1. The van der Waals surface area contributed by atoms with Crippen molar-refractivity contribution in [3.63, 3.8) is 0 Å². The Hall–Kier alpha value is -1.59. The van der Waals surface area contributed by atoms with E-state index < -0.39 is 0 Å². The molecule has 1 heterocycles. The van der Waals surface area contributed by atoms with Crippen molar-refractivity contribution in [1.29, 1.82) is 0 Å². The summed E-state index contributed by atoms with van der Waals surface area (Å²) in [7, 11) is 2.09. The van der Waals surface area contributed by atoms with Crippen molar-refractivity contribution in [2.75, 3.05) is 38.7 Å². The van der Waals surface area contributed by atoms with E-state index in [0.717, 1.165) is 38.2 Å². The number of hydrogen-bond acceptors (Lipinski definition) is 4. The third-order valence-electron chi connectivity index (χ3n) is 3.57. The molecule has 2 rings (SSSR count). The first-order chi connectivity index (χ1) is 9.11. The number of hydrogen-bond donors (Lipinski definition) is 2. The summed E-state index contributed by atoms with van der Waals surface area (Å²) in [5.41, 5.74) is 5.02. The highest BCUT2D eigenvalue weighted by molar-refractivity contribution is 5.99. The number of nitrogen functional groups attached to an aromatic ring is 1. The molecule has 1 saturated heterocycles. The number of carbonyl (C=O) groups is 1. The molecule has 3 N–H and O–H groups in total. The SMILES string of the molecule is Cc1ccc(NN)c(C(=O)N2CCCN(C)CC2)c1. The molecule has 0 spiro atoms. The number of carbonyl (C=O) groups excluding carboxylic acids is 1. The number of amides is 1. The van der Waals surface area contributed by atoms with Gasteiger partial charge in [-0.15, -0.1) is 0 Å². The molecular formula is C14H22N4O. The second-order valence-corrected chi connectivity index (χ2v) is 5.14. The van der Waals surface area contributed by atoms with Crippen molar-refractivity contribution in [2.45, 2.75) is 13.3 Å². The van der Waals surface area contributed by atoms with E-state index in [1.807, 2.05) is 30.0 Å². The molecule has 1 aliphatic rings. The summed E-state index contributed by atoms with van der Waals surface area (Å²) in [4.78, 5) is 16.8. The zero-order valence-electron chi connectivity index (χ0n) is 11.6. The number of aryl methyl sites for hydroxylation is 1. The number of nitrogens with zero attached hydrogens (tertiary/aromatic N) is 2. The highest BCUT2D eigenvalue weighted by Gasteiger charge is 2.21. The van der Waals surface area contributed by atoms with Crippen LogP contribution in [0.5, 0.6) is 0 Å². The van der Waals surface area contributed by atoms with E-state index in [4.69, 9.17) is 5.84 Å². The van der Waals surface area contributed by atoms with Crippen LogP contribution in [0.2, 0.25) is 0 Å². The van der Waals surface area contributed by atoms with Gasteiger partial charge in [0.05, 0.1) is 11.3 Å². The minimum Gasteiger partial charge on any atom is -0.337 e. The van der Waals surface area contributed by atoms with E-state index >= 15 is 0 Å². The highest BCUT2D eigenvalue weighted by Crippen LogP contribution is 2.19. The van der Waals surface area contributed by atoms with Gasteiger partial charge in [-0.25, -0.2) is 0 Å². The van der Waals surface area contributed by atoms with E-state index in [0.29, 0.717) is 11.3 Å². The molecular weight excluding hydrogens is 240 g/mol. The van der Waals surface area contributed by atoms with Gasteiger partial charge >= 0.3 is 0 Å². The van der Waals surface area contributed by atoms with Crippen molar-refractivity contribution in [3.05, 3.63) is 29.3 Å². The van der Waals surface area contributed by atoms with Crippen LogP contribution in [0.25, 0.3) is 0 Å². The summed E-state index contributed by atoms with van der Waals surface area (Å²) in [6, 6.07) is 5.70. The van der Waals surface area contributed by atoms with Crippen molar-refractivity contribution in [3.8, 4) is 0 Å². The van der Waals surface area contributed by atoms with Crippen LogP contribution in [-0.4, -0.2) is 48.9 Å². The summed E-state index contributed by atoms with van der Waals surface area (Å²) in [6.45, 7) is 5.52. The first-order valence-corrected chi connectivity index (χ1v) is 6.67. The van der Waals surface area contributed by atoms with Gasteiger partial charge in [0.15, 0.2) is 0 Å². The number of anilines is 1. The molecule has 1 fully saturated rings. The topological polar surface area (TPSA) is 61.6 Å². The first-order valence-electron chi connectivity index (χ1n) is 6.67. The Morgan fingerprint density at radius 1 is 1.26 bits per heavy atom. The molecule has 1 aromatic carbocycles. The van der Waals surface area contributed by atoms with Crippen molar-refractivity contribution >= 4 is 11.6 Å². The fraction of sp³-hybridized carbons (Fsp3) is 0.500. The van der Waals surface area contributed by atoms with Crippen molar-refractivity contribution in [2.24, 2.45) is 5.84 Å². The highest BCUT2D eigenvalue weighted by atomic mass is 16.2. The molecule has 0 aromatic heterocycles. The van der Waals surface area contributed by atoms with Crippen LogP contribution in [-0.2, 0) is 0 Å². The molecule has 0 bridgehead atoms. The molecule has 0 saturated carbocycles. The van der Waals surface area contributed by atoms with Gasteiger partial charge in [0, 0.05) is 19.6 Å². The second kappa shape index (κ2) is 6.04. The van der Waals surface area contributed by atoms with E-state index in [9.17, 15) is 4.79 Å². The minimum atomic E-state index is 0.0620. The van der Waals surface area contributed by atoms with Gasteiger partial charge in [-0.1, -0.05) is 11.6 Å². The van der Waals surface area contributed by atoms with Crippen LogP contribution in [0.3, 0.4) is 0 Å². The quantitative estimate of drug-likeness (QED) is 0.618. The summed E-state index contributed by atoms with van der Waals surface area (Å²) in [5, 5.41) is 0. The average Bonchev–Trinajstić information content (AvgIpc) is 2.62. The number of rotatable bonds is 2. The Morgan fingerprint density at radius 3 is 2.79 bits per heavy atom. The van der Waals surface area contributed by atoms with Crippen LogP contribution < -0.4 is 11.3 Å². The van der Waals surface area contributed by atoms with E-state index in [1.165, 1.54) is 0 Å². The van der Waals surface area contributed by atoms with Crippen LogP contribution in [0.4, 0.5) is 5.69 Å². The van der Waals surface area contributed by atoms with Gasteiger partial charge in [0.25, 0.3) is 5.91 Å². The summed E-state index contributed by atoms with van der Waals surface area (Å²) in [6.07, 6.45) is 1.01. The Morgan fingerprint density at radius 2 is 2.05 bits per heavy atom. The molecule has 1 aromatic rings. The monoisotopic (exact) mass is 262 g/mol. The molecule has 5 heteroatoms. The van der Waals surface area contributed by atoms with Crippen molar-refractivity contribution < 1.29 is 4.79 Å². The lowest BCUT2D eigenvalue weighted by Crippen LogP contribution is -2.35. The maximum atomic E-state index is 12.6. The van der Waals surface area contributed by atoms with Gasteiger partial charge in [0.1, 0.15) is 0 Å². The number of hydrazine groups is 1. The van der Waals surface area contributed by atoms with E-state index in [-0.39, 0.29) is 5.91 Å². The Labute approximate surface area is 114 Å². The Kier molecular flexibility index (Phi) is 4.39. The molecule has 19 heavy (non-hydrogen) atoms. The van der Waals surface area contributed by atoms with Crippen LogP contribution >= 0.6 is 0 Å². The standard InChI is InChI=1S/C14H22N4O/c1-11-4-5-13(16-15)12(10-11)14(19)18-7-3-6-17(2)8-9-18/h4-5,10,16H,3,6-9,15H2,1-2H3. The molecule has 0 atom stereocenters. The molecule has 1 aliphatic heterocycles. The lowest BCUT2D eigenvalue weighted by atomic mass is 10.1. The minimum absolute atomic E-state index is 0.0620. The maximum Gasteiger partial charge on any atom is 0.256 e. The molecule has 1 amide bonds. The predicted molar refractivity (Wildman–Crippen MR) is 77.0 cm³/mol. The Bertz CT molecular complexity index is 461. The molecule has 104 valence electrons. The smallest absolute Gasteiger partial charge is 0.256 e. The number of likely N-dealkylation sites (N-methyl/N-ethyl adjacent to an activating group) is 1. The van der Waals surface area contributed by atoms with E-state index in [2.05, 4.69) is 17.4 Å².